The Balaban J connectivity index is 1.80. The molecule has 2 aromatic rings. The minimum atomic E-state index is -2.18. The Morgan fingerprint density at radius 2 is 1.52 bits per heavy atom. The molecule has 1 aliphatic carbocycles. The van der Waals surface area contributed by atoms with Crippen LogP contribution in [0.2, 0.25) is 0 Å². The van der Waals surface area contributed by atoms with E-state index in [0.717, 1.165) is 25.7 Å². The van der Waals surface area contributed by atoms with E-state index < -0.39 is 41.2 Å². The quantitative estimate of drug-likeness (QED) is 0.313. The molecule has 4 nitrogen and oxygen atoms in total. The average Bonchev–Trinajstić information content (AvgIpc) is 2.96. The van der Waals surface area contributed by atoms with Gasteiger partial charge in [-0.3, -0.25) is 4.68 Å². The molecule has 0 amide bonds. The highest BCUT2D eigenvalue weighted by Crippen LogP contribution is 2.26. The number of anilines is 1. The summed E-state index contributed by atoms with van der Waals surface area (Å²) in [5.74, 6) is -9.86. The Hall–Kier alpha value is -2.23. The van der Waals surface area contributed by atoms with Crippen LogP contribution >= 0.6 is 12.2 Å². The molecular weight excluding hydrogens is 411 g/mol. The maximum absolute atomic E-state index is 14.0. The zero-order chi connectivity index (χ0) is 21.3. The number of aromatic nitrogens is 2. The Morgan fingerprint density at radius 3 is 2.10 bits per heavy atom. The molecule has 29 heavy (non-hydrogen) atoms. The molecule has 1 aromatic heterocycles. The van der Waals surface area contributed by atoms with Gasteiger partial charge in [0.1, 0.15) is 0 Å². The lowest BCUT2D eigenvalue weighted by Crippen LogP contribution is -2.39. The van der Waals surface area contributed by atoms with E-state index in [4.69, 9.17) is 12.2 Å². The van der Waals surface area contributed by atoms with Crippen molar-refractivity contribution in [2.45, 2.75) is 58.5 Å². The molecule has 0 saturated heterocycles. The summed E-state index contributed by atoms with van der Waals surface area (Å²) >= 11 is 5.35. The summed E-state index contributed by atoms with van der Waals surface area (Å²) in [6.07, 6.45) is 5.54. The molecule has 1 aromatic carbocycles. The number of thiocarbonyl (C=S) groups is 1. The van der Waals surface area contributed by atoms with Gasteiger partial charge in [0, 0.05) is 6.04 Å². The summed E-state index contributed by atoms with van der Waals surface area (Å²) in [7, 11) is 0. The minimum Gasteiger partial charge on any atom is -0.360 e. The molecule has 2 N–H and O–H groups in total. The van der Waals surface area contributed by atoms with Crippen LogP contribution in [0.3, 0.4) is 0 Å². The van der Waals surface area contributed by atoms with Gasteiger partial charge < -0.3 is 10.6 Å². The van der Waals surface area contributed by atoms with E-state index in [1.807, 2.05) is 0 Å². The summed E-state index contributed by atoms with van der Waals surface area (Å²) in [5, 5.41) is 10.8. The molecule has 0 atom stereocenters. The minimum absolute atomic E-state index is 0.285. The van der Waals surface area contributed by atoms with E-state index in [1.165, 1.54) is 11.1 Å². The van der Waals surface area contributed by atoms with Crippen LogP contribution in [-0.2, 0) is 6.54 Å². The molecule has 0 spiro atoms. The SMILES string of the molecule is Cc1nn(Cc2c(F)c(F)c(F)c(F)c2F)c(C)c1NC(=S)NC1CCCCC1. The van der Waals surface area contributed by atoms with Crippen LogP contribution in [0.25, 0.3) is 0 Å². The lowest BCUT2D eigenvalue weighted by atomic mass is 9.96. The van der Waals surface area contributed by atoms with Crippen molar-refractivity contribution < 1.29 is 22.0 Å². The second-order valence-electron chi connectivity index (χ2n) is 7.19. The topological polar surface area (TPSA) is 41.9 Å². The molecule has 0 bridgehead atoms. The molecule has 0 radical (unpaired) electrons. The van der Waals surface area contributed by atoms with Gasteiger partial charge in [-0.1, -0.05) is 19.3 Å². The lowest BCUT2D eigenvalue weighted by molar-refractivity contribution is 0.366. The first-order valence-electron chi connectivity index (χ1n) is 9.32. The molecule has 158 valence electrons. The number of rotatable bonds is 4. The third-order valence-corrected chi connectivity index (χ3v) is 5.39. The molecule has 0 unspecified atom stereocenters. The van der Waals surface area contributed by atoms with Gasteiger partial charge in [-0.25, -0.2) is 22.0 Å². The second-order valence-corrected chi connectivity index (χ2v) is 7.59. The molecule has 1 fully saturated rings. The van der Waals surface area contributed by atoms with Gasteiger partial charge in [0.2, 0.25) is 5.82 Å². The van der Waals surface area contributed by atoms with Crippen molar-refractivity contribution in [2.75, 3.05) is 5.32 Å². The Bertz CT molecular complexity index is 908. The van der Waals surface area contributed by atoms with Crippen LogP contribution in [0, 0.1) is 42.9 Å². The Morgan fingerprint density at radius 1 is 0.966 bits per heavy atom. The van der Waals surface area contributed by atoms with Gasteiger partial charge in [-0.05, 0) is 38.9 Å². The summed E-state index contributed by atoms with van der Waals surface area (Å²) in [4.78, 5) is 0. The first-order valence-corrected chi connectivity index (χ1v) is 9.73. The Kier molecular flexibility index (Phi) is 6.40. The highest BCUT2D eigenvalue weighted by atomic mass is 32.1. The summed E-state index contributed by atoms with van der Waals surface area (Å²) in [6.45, 7) is 2.67. The van der Waals surface area contributed by atoms with Crippen molar-refractivity contribution in [3.8, 4) is 0 Å². The number of halogens is 5. The van der Waals surface area contributed by atoms with Gasteiger partial charge in [0.15, 0.2) is 28.4 Å². The van der Waals surface area contributed by atoms with E-state index in [1.54, 1.807) is 13.8 Å². The van der Waals surface area contributed by atoms with Crippen LogP contribution in [0.15, 0.2) is 0 Å². The van der Waals surface area contributed by atoms with Crippen LogP contribution in [0.1, 0.15) is 49.1 Å². The van der Waals surface area contributed by atoms with Gasteiger partial charge in [-0.15, -0.1) is 0 Å². The van der Waals surface area contributed by atoms with Crippen LogP contribution in [-0.4, -0.2) is 20.9 Å². The number of hydrogen-bond acceptors (Lipinski definition) is 2. The monoisotopic (exact) mass is 432 g/mol. The zero-order valence-electron chi connectivity index (χ0n) is 16.0. The third kappa shape index (κ3) is 4.36. The van der Waals surface area contributed by atoms with Crippen molar-refractivity contribution in [3.05, 3.63) is 46.0 Å². The van der Waals surface area contributed by atoms with Gasteiger partial charge >= 0.3 is 0 Å². The van der Waals surface area contributed by atoms with Crippen LogP contribution < -0.4 is 10.6 Å². The van der Waals surface area contributed by atoms with Gasteiger partial charge in [-0.2, -0.15) is 5.10 Å². The predicted octanol–water partition coefficient (Wildman–Crippen LogP) is 4.86. The largest absolute Gasteiger partial charge is 0.360 e. The first-order chi connectivity index (χ1) is 13.7. The van der Waals surface area contributed by atoms with Crippen LogP contribution in [0.4, 0.5) is 27.6 Å². The lowest BCUT2D eigenvalue weighted by Gasteiger charge is -2.24. The fraction of sp³-hybridized carbons (Fsp3) is 0.474. The fourth-order valence-electron chi connectivity index (χ4n) is 3.55. The molecule has 1 aliphatic rings. The third-order valence-electron chi connectivity index (χ3n) is 5.17. The predicted molar refractivity (Wildman–Crippen MR) is 103 cm³/mol. The molecule has 1 saturated carbocycles. The number of hydrogen-bond donors (Lipinski definition) is 2. The average molecular weight is 432 g/mol. The van der Waals surface area contributed by atoms with Crippen molar-refractivity contribution in [2.24, 2.45) is 0 Å². The van der Waals surface area contributed by atoms with Crippen molar-refractivity contribution in [3.63, 3.8) is 0 Å². The zero-order valence-corrected chi connectivity index (χ0v) is 16.8. The maximum atomic E-state index is 14.0. The number of aryl methyl sites for hydroxylation is 1. The Labute approximate surface area is 170 Å². The number of nitrogens with one attached hydrogen (secondary N) is 2. The maximum Gasteiger partial charge on any atom is 0.200 e. The van der Waals surface area contributed by atoms with E-state index in [9.17, 15) is 22.0 Å². The van der Waals surface area contributed by atoms with Crippen molar-refractivity contribution in [1.29, 1.82) is 0 Å². The summed E-state index contributed by atoms with van der Waals surface area (Å²) in [6, 6.07) is 0.285. The van der Waals surface area contributed by atoms with E-state index in [0.29, 0.717) is 22.2 Å². The summed E-state index contributed by atoms with van der Waals surface area (Å²) < 4.78 is 69.3. The van der Waals surface area contributed by atoms with E-state index >= 15 is 0 Å². The van der Waals surface area contributed by atoms with Crippen LogP contribution in [0.5, 0.6) is 0 Å². The van der Waals surface area contributed by atoms with Gasteiger partial charge in [0.05, 0.1) is 29.2 Å². The number of benzene rings is 1. The molecular formula is C19H21F5N4S. The molecule has 10 heteroatoms. The molecule has 1 heterocycles. The first kappa shape index (κ1) is 21.5. The normalized spacial score (nSPS) is 14.9. The van der Waals surface area contributed by atoms with E-state index in [2.05, 4.69) is 15.7 Å². The molecule has 3 rings (SSSR count). The highest BCUT2D eigenvalue weighted by Gasteiger charge is 2.27. The van der Waals surface area contributed by atoms with Crippen molar-refractivity contribution in [1.82, 2.24) is 15.1 Å². The van der Waals surface area contributed by atoms with Crippen molar-refractivity contribution >= 4 is 23.0 Å². The second kappa shape index (κ2) is 8.64. The fourth-order valence-corrected chi connectivity index (χ4v) is 3.82. The standard InChI is InChI=1S/C19H21F5N4S/c1-9-18(26-19(29)25-11-6-4-3-5-7-11)10(2)28(27-9)8-12-13(20)15(22)17(24)16(23)14(12)21/h11H,3-8H2,1-2H3,(H2,25,26,29). The number of nitrogens with zero attached hydrogens (tertiary/aromatic N) is 2. The highest BCUT2D eigenvalue weighted by molar-refractivity contribution is 7.80. The van der Waals surface area contributed by atoms with E-state index in [-0.39, 0.29) is 6.04 Å². The molecule has 0 aliphatic heterocycles. The smallest absolute Gasteiger partial charge is 0.200 e. The summed E-state index contributed by atoms with van der Waals surface area (Å²) in [5.41, 5.74) is 0.530. The van der Waals surface area contributed by atoms with Gasteiger partial charge in [0.25, 0.3) is 0 Å².